The van der Waals surface area contributed by atoms with Gasteiger partial charge < -0.3 is 21.1 Å². The van der Waals surface area contributed by atoms with Gasteiger partial charge in [-0.3, -0.25) is 14.4 Å². The average molecular weight is 466 g/mol. The summed E-state index contributed by atoms with van der Waals surface area (Å²) in [4.78, 5) is 39.2. The maximum Gasteiger partial charge on any atom is 0.243 e. The highest BCUT2D eigenvalue weighted by Crippen LogP contribution is 2.29. The molecule has 4 N–H and O–H groups in total. The minimum Gasteiger partial charge on any atom is -0.361 e. The van der Waals surface area contributed by atoms with Gasteiger partial charge in [0.2, 0.25) is 11.8 Å². The lowest BCUT2D eigenvalue weighted by molar-refractivity contribution is -0.133. The van der Waals surface area contributed by atoms with E-state index in [2.05, 4.69) is 10.6 Å². The van der Waals surface area contributed by atoms with Gasteiger partial charge in [-0.2, -0.15) is 0 Å². The summed E-state index contributed by atoms with van der Waals surface area (Å²) in [6.45, 7) is 6.08. The van der Waals surface area contributed by atoms with E-state index in [-0.39, 0.29) is 18.1 Å². The second kappa shape index (κ2) is 11.4. The Kier molecular flexibility index (Phi) is 8.58. The number of amides is 2. The molecule has 1 aliphatic rings. The SMILES string of the molecule is CC(C)CC(NC(=O)[C@H](Cc1ccccc1)NC(=O)[C@@H](N)Cc1ccccc1)C(=O)[C@@]1(C)CO1. The van der Waals surface area contributed by atoms with E-state index in [1.807, 2.05) is 74.5 Å². The van der Waals surface area contributed by atoms with E-state index in [1.165, 1.54) is 0 Å². The third-order valence-electron chi connectivity index (χ3n) is 5.99. The number of carbonyl (C=O) groups excluding carboxylic acids is 3. The van der Waals surface area contributed by atoms with Gasteiger partial charge >= 0.3 is 0 Å². The fourth-order valence-corrected chi connectivity index (χ4v) is 3.89. The van der Waals surface area contributed by atoms with Crippen LogP contribution in [0.1, 0.15) is 38.3 Å². The lowest BCUT2D eigenvalue weighted by Gasteiger charge is -2.26. The monoisotopic (exact) mass is 465 g/mol. The molecule has 2 aromatic rings. The van der Waals surface area contributed by atoms with Gasteiger partial charge in [-0.15, -0.1) is 0 Å². The number of ketones is 1. The van der Waals surface area contributed by atoms with Gasteiger partial charge in [0.05, 0.1) is 18.7 Å². The number of ether oxygens (including phenoxy) is 1. The molecule has 0 aliphatic carbocycles. The van der Waals surface area contributed by atoms with E-state index < -0.39 is 35.5 Å². The average Bonchev–Trinajstić information content (AvgIpc) is 3.57. The zero-order valence-electron chi connectivity index (χ0n) is 20.1. The van der Waals surface area contributed by atoms with Gasteiger partial charge in [-0.05, 0) is 36.8 Å². The molecule has 0 saturated carbocycles. The Balaban J connectivity index is 1.73. The zero-order chi connectivity index (χ0) is 24.7. The van der Waals surface area contributed by atoms with Crippen LogP contribution in [0.4, 0.5) is 0 Å². The Bertz CT molecular complexity index is 974. The number of carbonyl (C=O) groups is 3. The smallest absolute Gasteiger partial charge is 0.243 e. The number of epoxide rings is 1. The molecule has 1 fully saturated rings. The molecule has 2 amide bonds. The lowest BCUT2D eigenvalue weighted by atomic mass is 9.93. The maximum atomic E-state index is 13.3. The molecule has 1 heterocycles. The normalized spacial score (nSPS) is 19.7. The van der Waals surface area contributed by atoms with Crippen molar-refractivity contribution in [2.45, 2.75) is 63.8 Å². The highest BCUT2D eigenvalue weighted by molar-refractivity contribution is 5.98. The number of hydrogen-bond donors (Lipinski definition) is 3. The minimum atomic E-state index is -0.868. The highest BCUT2D eigenvalue weighted by atomic mass is 16.6. The summed E-state index contributed by atoms with van der Waals surface area (Å²) in [5, 5.41) is 5.70. The van der Waals surface area contributed by atoms with Crippen LogP contribution >= 0.6 is 0 Å². The summed E-state index contributed by atoms with van der Waals surface area (Å²) in [5.41, 5.74) is 7.14. The highest BCUT2D eigenvalue weighted by Gasteiger charge is 2.50. The van der Waals surface area contributed by atoms with E-state index in [0.29, 0.717) is 19.4 Å². The first kappa shape index (κ1) is 25.6. The van der Waals surface area contributed by atoms with Crippen molar-refractivity contribution in [3.8, 4) is 0 Å². The summed E-state index contributed by atoms with van der Waals surface area (Å²) in [5.74, 6) is -0.769. The topological polar surface area (TPSA) is 114 Å². The van der Waals surface area contributed by atoms with E-state index in [0.717, 1.165) is 11.1 Å². The van der Waals surface area contributed by atoms with E-state index in [1.54, 1.807) is 6.92 Å². The van der Waals surface area contributed by atoms with Crippen molar-refractivity contribution >= 4 is 17.6 Å². The molecule has 4 atom stereocenters. The summed E-state index contributed by atoms with van der Waals surface area (Å²) in [7, 11) is 0. The second-order valence-corrected chi connectivity index (χ2v) is 9.62. The molecule has 3 rings (SSSR count). The molecule has 34 heavy (non-hydrogen) atoms. The summed E-state index contributed by atoms with van der Waals surface area (Å²) >= 11 is 0. The van der Waals surface area contributed by atoms with Crippen LogP contribution in [-0.4, -0.2) is 47.9 Å². The number of nitrogens with two attached hydrogens (primary N) is 1. The fraction of sp³-hybridized carbons (Fsp3) is 0.444. The Hall–Kier alpha value is -3.03. The largest absolute Gasteiger partial charge is 0.361 e. The fourth-order valence-electron chi connectivity index (χ4n) is 3.89. The molecule has 0 spiro atoms. The van der Waals surface area contributed by atoms with Crippen LogP contribution in [-0.2, 0) is 32.0 Å². The van der Waals surface area contributed by atoms with Crippen molar-refractivity contribution < 1.29 is 19.1 Å². The van der Waals surface area contributed by atoms with Crippen molar-refractivity contribution in [3.63, 3.8) is 0 Å². The van der Waals surface area contributed by atoms with Crippen molar-refractivity contribution in [3.05, 3.63) is 71.8 Å². The lowest BCUT2D eigenvalue weighted by Crippen LogP contribution is -2.56. The number of benzene rings is 2. The van der Waals surface area contributed by atoms with E-state index >= 15 is 0 Å². The third-order valence-corrected chi connectivity index (χ3v) is 5.99. The molecule has 7 nitrogen and oxygen atoms in total. The molecule has 1 aliphatic heterocycles. The number of nitrogens with one attached hydrogen (secondary N) is 2. The van der Waals surface area contributed by atoms with Crippen molar-refractivity contribution in [1.29, 1.82) is 0 Å². The second-order valence-electron chi connectivity index (χ2n) is 9.62. The van der Waals surface area contributed by atoms with E-state index in [4.69, 9.17) is 10.5 Å². The van der Waals surface area contributed by atoms with Crippen molar-refractivity contribution in [2.75, 3.05) is 6.61 Å². The van der Waals surface area contributed by atoms with Crippen LogP contribution in [0.3, 0.4) is 0 Å². The van der Waals surface area contributed by atoms with Crippen molar-refractivity contribution in [2.24, 2.45) is 11.7 Å². The quantitative estimate of drug-likeness (QED) is 0.416. The van der Waals surface area contributed by atoms with Crippen molar-refractivity contribution in [1.82, 2.24) is 10.6 Å². The first-order chi connectivity index (χ1) is 16.2. The molecule has 7 heteroatoms. The maximum absolute atomic E-state index is 13.3. The predicted octanol–water partition coefficient (Wildman–Crippen LogP) is 2.17. The molecule has 0 radical (unpaired) electrons. The summed E-state index contributed by atoms with van der Waals surface area (Å²) in [6, 6.07) is 16.6. The number of hydrogen-bond acceptors (Lipinski definition) is 5. The molecule has 0 aromatic heterocycles. The molecular formula is C27H35N3O4. The van der Waals surface area contributed by atoms with E-state index in [9.17, 15) is 14.4 Å². The first-order valence-electron chi connectivity index (χ1n) is 11.8. The van der Waals surface area contributed by atoms with Gasteiger partial charge in [0.25, 0.3) is 0 Å². The Labute approximate surface area is 201 Å². The molecule has 182 valence electrons. The summed E-state index contributed by atoms with van der Waals surface area (Å²) in [6.07, 6.45) is 1.13. The molecular weight excluding hydrogens is 430 g/mol. The molecule has 2 aromatic carbocycles. The Morgan fingerprint density at radius 1 is 0.882 bits per heavy atom. The zero-order valence-corrected chi connectivity index (χ0v) is 20.1. The van der Waals surface area contributed by atoms with Crippen LogP contribution in [0.2, 0.25) is 0 Å². The van der Waals surface area contributed by atoms with Gasteiger partial charge in [0.15, 0.2) is 5.78 Å². The van der Waals surface area contributed by atoms with Crippen LogP contribution < -0.4 is 16.4 Å². The Morgan fingerprint density at radius 3 is 1.88 bits per heavy atom. The van der Waals surface area contributed by atoms with Gasteiger partial charge in [0.1, 0.15) is 11.6 Å². The summed E-state index contributed by atoms with van der Waals surface area (Å²) < 4.78 is 5.32. The molecule has 1 saturated heterocycles. The van der Waals surface area contributed by atoms with Crippen LogP contribution in [0, 0.1) is 5.92 Å². The number of Topliss-reactive ketones (excluding diaryl/α,β-unsaturated/α-hetero) is 1. The van der Waals surface area contributed by atoms with Crippen LogP contribution in [0.25, 0.3) is 0 Å². The molecule has 0 bridgehead atoms. The first-order valence-corrected chi connectivity index (χ1v) is 11.8. The van der Waals surface area contributed by atoms with Crippen LogP contribution in [0.5, 0.6) is 0 Å². The predicted molar refractivity (Wildman–Crippen MR) is 131 cm³/mol. The third kappa shape index (κ3) is 7.23. The number of rotatable bonds is 12. The van der Waals surface area contributed by atoms with Gasteiger partial charge in [-0.1, -0.05) is 74.5 Å². The Morgan fingerprint density at radius 2 is 1.38 bits per heavy atom. The minimum absolute atomic E-state index is 0.139. The van der Waals surface area contributed by atoms with Crippen LogP contribution in [0.15, 0.2) is 60.7 Å². The van der Waals surface area contributed by atoms with Gasteiger partial charge in [0, 0.05) is 6.42 Å². The standard InChI is InChI=1S/C27H35N3O4/c1-18(2)14-22(24(31)27(3)17-34-27)29-26(33)23(16-20-12-8-5-9-13-20)30-25(32)21(28)15-19-10-6-4-7-11-19/h4-13,18,21-23H,14-17,28H2,1-3H3,(H,29,33)(H,30,32)/t21-,22?,23-,27+/m0/s1. The molecule has 1 unspecified atom stereocenters. The van der Waals surface area contributed by atoms with Gasteiger partial charge in [-0.25, -0.2) is 0 Å².